The number of ether oxygens (including phenoxy) is 1. The van der Waals surface area contributed by atoms with Crippen LogP contribution in [0.3, 0.4) is 0 Å². The first kappa shape index (κ1) is 41.0. The third-order valence-corrected chi connectivity index (χ3v) is 10.7. The number of hydrogen-bond acceptors (Lipinski definition) is 6. The molecule has 15 heteroatoms. The Balaban J connectivity index is 1.45. The van der Waals surface area contributed by atoms with E-state index in [0.717, 1.165) is 6.07 Å². The number of esters is 1. The highest BCUT2D eigenvalue weighted by Gasteiger charge is 2.47. The first-order chi connectivity index (χ1) is 26.2. The topological polar surface area (TPSA) is 147 Å². The molecule has 296 valence electrons. The smallest absolute Gasteiger partial charge is 0.418 e. The number of nitrogens with one attached hydrogen (secondary N) is 4. The highest BCUT2D eigenvalue weighted by atomic mass is 19.4. The van der Waals surface area contributed by atoms with E-state index in [4.69, 9.17) is 4.74 Å². The fourth-order valence-electron chi connectivity index (χ4n) is 7.00. The van der Waals surface area contributed by atoms with Crippen LogP contribution in [-0.4, -0.2) is 62.5 Å². The molecule has 0 fully saturated rings. The van der Waals surface area contributed by atoms with Crippen LogP contribution in [0, 0.1) is 17.7 Å². The average Bonchev–Trinajstić information content (AvgIpc) is 3.82. The minimum atomic E-state index is -4.65. The summed E-state index contributed by atoms with van der Waals surface area (Å²) in [6.07, 6.45) is 1.37. The van der Waals surface area contributed by atoms with Crippen LogP contribution in [-0.2, 0) is 55.9 Å². The van der Waals surface area contributed by atoms with Gasteiger partial charge in [-0.25, -0.2) is 14.2 Å². The third kappa shape index (κ3) is 9.54. The van der Waals surface area contributed by atoms with E-state index in [1.54, 1.807) is 38.6 Å². The fraction of sp³-hybridized carbons (Fsp3) is 0.475. The number of hydrogen-bond donors (Lipinski definition) is 4. The van der Waals surface area contributed by atoms with Gasteiger partial charge in [-0.05, 0) is 54.4 Å². The summed E-state index contributed by atoms with van der Waals surface area (Å²) in [5, 5.41) is 8.72. The summed E-state index contributed by atoms with van der Waals surface area (Å²) in [5.74, 6) is -4.08. The number of alkyl halides is 3. The number of imidazole rings is 1. The van der Waals surface area contributed by atoms with Crippen molar-refractivity contribution in [2.75, 3.05) is 6.61 Å². The van der Waals surface area contributed by atoms with Gasteiger partial charge in [0.25, 0.3) is 0 Å². The maximum atomic E-state index is 14.7. The molecule has 5 atom stereocenters. The molecule has 55 heavy (non-hydrogen) atoms. The third-order valence-electron chi connectivity index (χ3n) is 10.7. The molecule has 0 radical (unpaired) electrons. The Hall–Kier alpha value is -5.21. The van der Waals surface area contributed by atoms with Crippen molar-refractivity contribution in [1.29, 1.82) is 0 Å². The van der Waals surface area contributed by atoms with Crippen molar-refractivity contribution in [2.45, 2.75) is 103 Å². The molecule has 2 aromatic carbocycles. The number of carbonyl (C=O) groups excluding carboxylic acids is 4. The summed E-state index contributed by atoms with van der Waals surface area (Å²) >= 11 is 0. The summed E-state index contributed by atoms with van der Waals surface area (Å²) in [7, 11) is 0. The van der Waals surface area contributed by atoms with Crippen molar-refractivity contribution in [3.8, 4) is 0 Å². The molecule has 2 heterocycles. The molecule has 1 aliphatic carbocycles. The zero-order valence-corrected chi connectivity index (χ0v) is 31.4. The van der Waals surface area contributed by atoms with Crippen LogP contribution in [0.5, 0.6) is 0 Å². The van der Waals surface area contributed by atoms with E-state index in [0.29, 0.717) is 37.1 Å². The van der Waals surface area contributed by atoms with Crippen molar-refractivity contribution in [1.82, 2.24) is 30.5 Å². The van der Waals surface area contributed by atoms with Crippen LogP contribution in [0.1, 0.15) is 75.8 Å². The van der Waals surface area contributed by atoms with Crippen molar-refractivity contribution >= 4 is 34.6 Å². The number of aromatic nitrogens is 3. The van der Waals surface area contributed by atoms with Gasteiger partial charge in [-0.1, -0.05) is 70.9 Å². The van der Waals surface area contributed by atoms with Gasteiger partial charge in [-0.3, -0.25) is 14.4 Å². The van der Waals surface area contributed by atoms with E-state index >= 15 is 0 Å². The summed E-state index contributed by atoms with van der Waals surface area (Å²) in [6.45, 7) is 7.84. The molecule has 4 aromatic rings. The molecular weight excluding hydrogens is 720 g/mol. The van der Waals surface area contributed by atoms with Gasteiger partial charge < -0.3 is 30.2 Å². The van der Waals surface area contributed by atoms with E-state index in [9.17, 15) is 36.7 Å². The van der Waals surface area contributed by atoms with Crippen LogP contribution >= 0.6 is 0 Å². The molecule has 11 nitrogen and oxygen atoms in total. The second-order valence-electron chi connectivity index (χ2n) is 14.4. The van der Waals surface area contributed by atoms with E-state index in [2.05, 4.69) is 25.9 Å². The van der Waals surface area contributed by atoms with Crippen molar-refractivity contribution in [2.24, 2.45) is 11.8 Å². The molecule has 3 amide bonds. The second kappa shape index (κ2) is 17.5. The van der Waals surface area contributed by atoms with E-state index in [1.807, 2.05) is 18.4 Å². The maximum absolute atomic E-state index is 14.7. The van der Waals surface area contributed by atoms with Gasteiger partial charge in [0, 0.05) is 36.4 Å². The Labute approximate surface area is 317 Å². The monoisotopic (exact) mass is 768 g/mol. The van der Waals surface area contributed by atoms with Gasteiger partial charge in [0.05, 0.1) is 30.4 Å². The fourth-order valence-corrected chi connectivity index (χ4v) is 7.00. The van der Waals surface area contributed by atoms with Gasteiger partial charge in [0.1, 0.15) is 23.4 Å². The zero-order valence-electron chi connectivity index (χ0n) is 31.4. The molecule has 0 saturated heterocycles. The van der Waals surface area contributed by atoms with Crippen LogP contribution in [0.15, 0.2) is 61.2 Å². The highest BCUT2D eigenvalue weighted by molar-refractivity contribution is 5.98. The SMILES string of the molecule is CCC(C)[C@H](NC(=O)Cc1ccccc1F)C(=O)N[C@]1(C(=O)N[C@@H](C(=O)OCCCn2ccnc2)C(C)CC)CCc2[nH]c3c(C(F)(F)F)cccc3c2C1. The standard InChI is InChI=1S/C40H48F4N6O5/c1-5-24(3)33(47-32(51)21-26-11-7-8-14-30(26)41)36(52)49-39(16-15-31-28(22-39)27-12-9-13-29(35(27)46-31)40(42,43)44)38(54)48-34(25(4)6-2)37(53)55-20-10-18-50-19-17-45-23-50/h7-9,11-14,17,19,23-25,33-34,46H,5-6,10,15-16,18,20-22H2,1-4H3,(H,47,51)(H,48,54)(H,49,52)/t24?,25?,33-,34+,39+/m0/s1. The highest BCUT2D eigenvalue weighted by Crippen LogP contribution is 2.40. The minimum absolute atomic E-state index is 0.0324. The molecule has 5 rings (SSSR count). The molecule has 2 unspecified atom stereocenters. The Morgan fingerprint density at radius 1 is 1.00 bits per heavy atom. The summed E-state index contributed by atoms with van der Waals surface area (Å²) < 4.78 is 64.0. The molecule has 4 N–H and O–H groups in total. The molecule has 2 aromatic heterocycles. The lowest BCUT2D eigenvalue weighted by Crippen LogP contribution is -2.67. The van der Waals surface area contributed by atoms with Gasteiger partial charge in [0.2, 0.25) is 17.7 Å². The Bertz CT molecular complexity index is 1980. The normalized spacial score (nSPS) is 17.7. The first-order valence-electron chi connectivity index (χ1n) is 18.6. The number of benzene rings is 2. The van der Waals surface area contributed by atoms with Crippen molar-refractivity contribution < 1.29 is 41.5 Å². The zero-order chi connectivity index (χ0) is 39.9. The van der Waals surface area contributed by atoms with Crippen molar-refractivity contribution in [3.05, 3.63) is 89.4 Å². The lowest BCUT2D eigenvalue weighted by atomic mass is 9.78. The van der Waals surface area contributed by atoms with Gasteiger partial charge >= 0.3 is 12.1 Å². The molecule has 1 aliphatic rings. The van der Waals surface area contributed by atoms with Crippen molar-refractivity contribution in [3.63, 3.8) is 0 Å². The second-order valence-corrected chi connectivity index (χ2v) is 14.4. The average molecular weight is 769 g/mol. The minimum Gasteiger partial charge on any atom is -0.464 e. The molecule has 0 spiro atoms. The predicted octanol–water partition coefficient (Wildman–Crippen LogP) is 5.80. The van der Waals surface area contributed by atoms with Crippen LogP contribution in [0.2, 0.25) is 0 Å². The Kier molecular flexibility index (Phi) is 13.0. The number of aromatic amines is 1. The summed E-state index contributed by atoms with van der Waals surface area (Å²) in [6, 6.07) is 7.33. The number of amides is 3. The molecular formula is C40H48F4N6O5. The van der Waals surface area contributed by atoms with Crippen LogP contribution < -0.4 is 16.0 Å². The van der Waals surface area contributed by atoms with E-state index < -0.39 is 64.8 Å². The predicted molar refractivity (Wildman–Crippen MR) is 197 cm³/mol. The lowest BCUT2D eigenvalue weighted by Gasteiger charge is -2.39. The lowest BCUT2D eigenvalue weighted by molar-refractivity contribution is -0.150. The number of rotatable bonds is 16. The number of halogens is 4. The van der Waals surface area contributed by atoms with Gasteiger partial charge in [-0.2, -0.15) is 13.2 Å². The Morgan fingerprint density at radius 3 is 2.40 bits per heavy atom. The van der Waals surface area contributed by atoms with E-state index in [1.165, 1.54) is 30.3 Å². The molecule has 0 saturated carbocycles. The molecule has 0 bridgehead atoms. The number of para-hydroxylation sites is 1. The number of aryl methyl sites for hydroxylation is 2. The quantitative estimate of drug-likeness (QED) is 0.0644. The van der Waals surface area contributed by atoms with E-state index in [-0.39, 0.29) is 54.7 Å². The first-order valence-corrected chi connectivity index (χ1v) is 18.6. The maximum Gasteiger partial charge on any atom is 0.418 e. The van der Waals surface area contributed by atoms with Gasteiger partial charge in [-0.15, -0.1) is 0 Å². The molecule has 0 aliphatic heterocycles. The number of H-pyrrole nitrogens is 1. The Morgan fingerprint density at radius 2 is 1.73 bits per heavy atom. The summed E-state index contributed by atoms with van der Waals surface area (Å²) in [4.78, 5) is 62.6. The number of carbonyl (C=O) groups is 4. The largest absolute Gasteiger partial charge is 0.464 e. The number of nitrogens with zero attached hydrogens (tertiary/aromatic N) is 2. The summed E-state index contributed by atoms with van der Waals surface area (Å²) in [5.41, 5.74) is -1.67. The van der Waals surface area contributed by atoms with Crippen LogP contribution in [0.4, 0.5) is 17.6 Å². The van der Waals surface area contributed by atoms with Crippen LogP contribution in [0.25, 0.3) is 10.9 Å². The number of fused-ring (bicyclic) bond motifs is 3. The van der Waals surface area contributed by atoms with Gasteiger partial charge in [0.15, 0.2) is 0 Å².